The van der Waals surface area contributed by atoms with Gasteiger partial charge in [-0.1, -0.05) is 48.5 Å². The molecule has 118 valence electrons. The van der Waals surface area contributed by atoms with Crippen LogP contribution in [0, 0.1) is 5.41 Å². The van der Waals surface area contributed by atoms with Crippen LogP contribution in [-0.4, -0.2) is 37.7 Å². The molecule has 1 rings (SSSR count). The Bertz CT molecular complexity index is 170. The lowest BCUT2D eigenvalue weighted by atomic mass is 9.75. The molecule has 0 heterocycles. The lowest BCUT2D eigenvalue weighted by Crippen LogP contribution is -2.41. The molecule has 1 saturated carbocycles. The maximum Gasteiger partial charge on any atom is 0.0589 e. The van der Waals surface area contributed by atoms with Gasteiger partial charge in [0, 0.05) is 19.7 Å². The number of ether oxygens (including phenoxy) is 1. The maximum absolute atomic E-state index is 5.16. The van der Waals surface area contributed by atoms with Crippen LogP contribution in [0.5, 0.6) is 0 Å². The van der Waals surface area contributed by atoms with Crippen molar-refractivity contribution in [3.05, 3.63) is 0 Å². The van der Waals surface area contributed by atoms with Gasteiger partial charge in [0.15, 0.2) is 0 Å². The van der Waals surface area contributed by atoms with E-state index in [1.807, 2.05) is 27.7 Å². The highest BCUT2D eigenvalue weighted by molar-refractivity contribution is 4.83. The molecule has 1 aliphatic rings. The van der Waals surface area contributed by atoms with E-state index in [2.05, 4.69) is 25.7 Å². The van der Waals surface area contributed by atoms with Gasteiger partial charge in [-0.2, -0.15) is 0 Å². The second-order valence-electron chi connectivity index (χ2n) is 5.52. The molecular weight excluding hydrogens is 234 g/mol. The summed E-state index contributed by atoms with van der Waals surface area (Å²) < 4.78 is 5.16. The van der Waals surface area contributed by atoms with Crippen LogP contribution in [0.15, 0.2) is 0 Å². The summed E-state index contributed by atoms with van der Waals surface area (Å²) in [6, 6.07) is 0.804. The van der Waals surface area contributed by atoms with Crippen molar-refractivity contribution in [2.24, 2.45) is 5.41 Å². The summed E-state index contributed by atoms with van der Waals surface area (Å²) in [5.41, 5.74) is 0.581. The van der Waals surface area contributed by atoms with Crippen molar-refractivity contribution in [3.8, 4) is 0 Å². The van der Waals surface area contributed by atoms with E-state index in [0.29, 0.717) is 5.41 Å². The Hall–Kier alpha value is -0.0800. The fourth-order valence-corrected chi connectivity index (χ4v) is 2.56. The fraction of sp³-hybridized carbons (Fsp3) is 1.00. The van der Waals surface area contributed by atoms with E-state index < -0.39 is 0 Å². The second kappa shape index (κ2) is 12.9. The number of hydrogen-bond acceptors (Lipinski definition) is 2. The lowest BCUT2D eigenvalue weighted by molar-refractivity contribution is 0.0811. The van der Waals surface area contributed by atoms with Crippen molar-refractivity contribution in [3.63, 3.8) is 0 Å². The minimum Gasteiger partial charge on any atom is -0.383 e. The Labute approximate surface area is 122 Å². The van der Waals surface area contributed by atoms with E-state index in [9.17, 15) is 0 Å². The molecule has 19 heavy (non-hydrogen) atoms. The van der Waals surface area contributed by atoms with Crippen LogP contribution < -0.4 is 0 Å². The molecule has 0 aromatic heterocycles. The Morgan fingerprint density at radius 3 is 1.89 bits per heavy atom. The summed E-state index contributed by atoms with van der Waals surface area (Å²) in [5.74, 6) is 0. The van der Waals surface area contributed by atoms with Crippen molar-refractivity contribution in [2.75, 3.05) is 26.8 Å². The van der Waals surface area contributed by atoms with Gasteiger partial charge < -0.3 is 4.74 Å². The Balaban J connectivity index is 0. The number of nitrogens with zero attached hydrogens (tertiary/aromatic N) is 1. The van der Waals surface area contributed by atoms with E-state index in [1.165, 1.54) is 25.7 Å². The molecule has 0 atom stereocenters. The minimum absolute atomic E-state index is 0.581. The largest absolute Gasteiger partial charge is 0.383 e. The first kappa shape index (κ1) is 21.2. The average Bonchev–Trinajstić information content (AvgIpc) is 2.45. The van der Waals surface area contributed by atoms with Gasteiger partial charge in [-0.3, -0.25) is 4.90 Å². The predicted octanol–water partition coefficient (Wildman–Crippen LogP) is 4.98. The summed E-state index contributed by atoms with van der Waals surface area (Å²) in [6.07, 6.45) is 5.48. The van der Waals surface area contributed by atoms with Gasteiger partial charge >= 0.3 is 0 Å². The summed E-state index contributed by atoms with van der Waals surface area (Å²) in [7, 11) is 1.79. The van der Waals surface area contributed by atoms with Gasteiger partial charge in [-0.25, -0.2) is 0 Å². The minimum atomic E-state index is 0.581. The highest BCUT2D eigenvalue weighted by Crippen LogP contribution is 2.36. The fourth-order valence-electron chi connectivity index (χ4n) is 2.56. The molecule has 0 N–H and O–H groups in total. The van der Waals surface area contributed by atoms with E-state index in [1.54, 1.807) is 7.11 Å². The molecule has 0 spiro atoms. The first-order chi connectivity index (χ1) is 9.09. The maximum atomic E-state index is 5.16. The van der Waals surface area contributed by atoms with Gasteiger partial charge in [0.1, 0.15) is 0 Å². The molecule has 1 aliphatic carbocycles. The molecule has 0 aromatic carbocycles. The molecule has 0 unspecified atom stereocenters. The van der Waals surface area contributed by atoms with Crippen LogP contribution in [-0.2, 0) is 4.74 Å². The number of hydrogen-bond donors (Lipinski definition) is 0. The van der Waals surface area contributed by atoms with Gasteiger partial charge in [-0.05, 0) is 37.6 Å². The molecular formula is C17H39NO. The van der Waals surface area contributed by atoms with Crippen molar-refractivity contribution >= 4 is 0 Å². The third-order valence-corrected chi connectivity index (χ3v) is 3.81. The van der Waals surface area contributed by atoms with Crippen LogP contribution >= 0.6 is 0 Å². The zero-order valence-corrected chi connectivity index (χ0v) is 14.9. The average molecular weight is 274 g/mol. The van der Waals surface area contributed by atoms with Gasteiger partial charge in [0.2, 0.25) is 0 Å². The highest BCUT2D eigenvalue weighted by Gasteiger charge is 2.29. The number of methoxy groups -OCH3 is 1. The molecule has 2 nitrogen and oxygen atoms in total. The molecule has 0 aliphatic heterocycles. The summed E-state index contributed by atoms with van der Waals surface area (Å²) in [5, 5.41) is 0. The molecule has 1 fully saturated rings. The quantitative estimate of drug-likeness (QED) is 0.701. The van der Waals surface area contributed by atoms with E-state index >= 15 is 0 Å². The molecule has 0 aromatic rings. The van der Waals surface area contributed by atoms with Crippen LogP contribution in [0.4, 0.5) is 0 Å². The third-order valence-electron chi connectivity index (χ3n) is 3.81. The van der Waals surface area contributed by atoms with Crippen LogP contribution in [0.1, 0.15) is 74.1 Å². The van der Waals surface area contributed by atoms with Gasteiger partial charge in [-0.15, -0.1) is 0 Å². The van der Waals surface area contributed by atoms with Gasteiger partial charge in [0.25, 0.3) is 0 Å². The van der Waals surface area contributed by atoms with E-state index in [0.717, 1.165) is 25.7 Å². The second-order valence-corrected chi connectivity index (χ2v) is 5.52. The summed E-state index contributed by atoms with van der Waals surface area (Å²) >= 11 is 0. The summed E-state index contributed by atoms with van der Waals surface area (Å²) in [4.78, 5) is 2.58. The lowest BCUT2D eigenvalue weighted by Gasteiger charge is -2.39. The Morgan fingerprint density at radius 1 is 1.05 bits per heavy atom. The Kier molecular flexibility index (Phi) is 14.4. The van der Waals surface area contributed by atoms with E-state index in [4.69, 9.17) is 4.74 Å². The van der Waals surface area contributed by atoms with Gasteiger partial charge in [0.05, 0.1) is 6.61 Å². The smallest absolute Gasteiger partial charge is 0.0589 e. The van der Waals surface area contributed by atoms with Crippen molar-refractivity contribution in [2.45, 2.75) is 80.2 Å². The standard InChI is InChI=1S/C13H27NO.2C2H6/c1-5-14(10-11-15-4)12-6-8-13(2,3)9-7-12;2*1-2/h12H,5-11H2,1-4H3;2*1-2H3. The first-order valence-corrected chi connectivity index (χ1v) is 8.32. The predicted molar refractivity (Wildman–Crippen MR) is 87.9 cm³/mol. The van der Waals surface area contributed by atoms with Crippen LogP contribution in [0.25, 0.3) is 0 Å². The third kappa shape index (κ3) is 9.45. The highest BCUT2D eigenvalue weighted by atomic mass is 16.5. The van der Waals surface area contributed by atoms with Crippen molar-refractivity contribution < 1.29 is 4.74 Å². The normalized spacial score (nSPS) is 18.2. The summed E-state index contributed by atoms with van der Waals surface area (Å²) in [6.45, 7) is 18.2. The SMILES string of the molecule is CC.CC.CCN(CCOC)C1CCC(C)(C)CC1. The zero-order chi connectivity index (χ0) is 15.3. The van der Waals surface area contributed by atoms with Crippen molar-refractivity contribution in [1.82, 2.24) is 4.90 Å². The molecule has 0 radical (unpaired) electrons. The van der Waals surface area contributed by atoms with E-state index in [-0.39, 0.29) is 0 Å². The number of rotatable bonds is 5. The topological polar surface area (TPSA) is 12.5 Å². The van der Waals surface area contributed by atoms with Crippen LogP contribution in [0.2, 0.25) is 0 Å². The Morgan fingerprint density at radius 2 is 1.53 bits per heavy atom. The van der Waals surface area contributed by atoms with Crippen LogP contribution in [0.3, 0.4) is 0 Å². The monoisotopic (exact) mass is 273 g/mol. The molecule has 0 saturated heterocycles. The first-order valence-electron chi connectivity index (χ1n) is 8.32. The molecule has 0 amide bonds. The zero-order valence-electron chi connectivity index (χ0n) is 14.9. The number of likely N-dealkylation sites (N-methyl/N-ethyl adjacent to an activating group) is 1. The van der Waals surface area contributed by atoms with Crippen molar-refractivity contribution in [1.29, 1.82) is 0 Å². The molecule has 0 bridgehead atoms. The molecule has 2 heteroatoms.